The second-order valence-corrected chi connectivity index (χ2v) is 9.31. The molecule has 0 saturated heterocycles. The van der Waals surface area contributed by atoms with Gasteiger partial charge < -0.3 is 15.4 Å². The van der Waals surface area contributed by atoms with Crippen molar-refractivity contribution in [2.75, 3.05) is 20.7 Å². The van der Waals surface area contributed by atoms with E-state index in [9.17, 15) is 8.42 Å². The lowest BCUT2D eigenvalue weighted by atomic mass is 10.1. The number of halogens is 1. The summed E-state index contributed by atoms with van der Waals surface area (Å²) in [7, 11) is -0.366. The van der Waals surface area contributed by atoms with E-state index in [4.69, 9.17) is 4.74 Å². The van der Waals surface area contributed by atoms with E-state index < -0.39 is 10.0 Å². The molecule has 172 valence electrons. The average Bonchev–Trinajstić information content (AvgIpc) is 2.75. The number of guanidine groups is 1. The lowest BCUT2D eigenvalue weighted by Gasteiger charge is -2.19. The van der Waals surface area contributed by atoms with Crippen LogP contribution in [0.15, 0.2) is 58.4 Å². The molecule has 1 unspecified atom stereocenters. The Kier molecular flexibility index (Phi) is 11.3. The molecule has 0 bridgehead atoms. The van der Waals surface area contributed by atoms with Crippen LogP contribution in [0.2, 0.25) is 0 Å². The molecule has 3 N–H and O–H groups in total. The Labute approximate surface area is 203 Å². The summed E-state index contributed by atoms with van der Waals surface area (Å²) in [6.45, 7) is 7.43. The van der Waals surface area contributed by atoms with Crippen LogP contribution in [0, 0.1) is 5.92 Å². The van der Waals surface area contributed by atoms with E-state index in [0.717, 1.165) is 16.9 Å². The second kappa shape index (κ2) is 12.9. The molecule has 0 aromatic heterocycles. The predicted octanol–water partition coefficient (Wildman–Crippen LogP) is 3.67. The summed E-state index contributed by atoms with van der Waals surface area (Å²) in [5.74, 6) is 1.97. The average molecular weight is 561 g/mol. The van der Waals surface area contributed by atoms with Crippen LogP contribution in [0.25, 0.3) is 0 Å². The molecule has 0 saturated carbocycles. The second-order valence-electron chi connectivity index (χ2n) is 7.42. The first kappa shape index (κ1) is 27.2. The van der Waals surface area contributed by atoms with Crippen molar-refractivity contribution >= 4 is 40.0 Å². The van der Waals surface area contributed by atoms with Gasteiger partial charge in [0.05, 0.1) is 17.5 Å². The molecule has 0 aliphatic rings. The van der Waals surface area contributed by atoms with Gasteiger partial charge in [-0.3, -0.25) is 4.99 Å². The fourth-order valence-electron chi connectivity index (χ4n) is 2.72. The number of rotatable bonds is 9. The van der Waals surface area contributed by atoms with Crippen molar-refractivity contribution in [3.63, 3.8) is 0 Å². The molecule has 0 radical (unpaired) electrons. The van der Waals surface area contributed by atoms with Crippen molar-refractivity contribution < 1.29 is 13.2 Å². The Morgan fingerprint density at radius 2 is 1.77 bits per heavy atom. The van der Waals surface area contributed by atoms with E-state index in [2.05, 4.69) is 41.1 Å². The van der Waals surface area contributed by atoms with Crippen LogP contribution < -0.4 is 20.1 Å². The van der Waals surface area contributed by atoms with E-state index in [-0.39, 0.29) is 34.9 Å². The molecule has 2 aromatic carbocycles. The molecule has 2 aromatic rings. The van der Waals surface area contributed by atoms with Crippen molar-refractivity contribution in [2.45, 2.75) is 38.3 Å². The molecular weight excluding hydrogens is 527 g/mol. The van der Waals surface area contributed by atoms with Gasteiger partial charge in [-0.1, -0.05) is 38.1 Å². The first-order valence-electron chi connectivity index (χ1n) is 9.97. The van der Waals surface area contributed by atoms with E-state index in [1.54, 1.807) is 25.2 Å². The van der Waals surface area contributed by atoms with Crippen molar-refractivity contribution in [3.8, 4) is 5.75 Å². The van der Waals surface area contributed by atoms with Crippen LogP contribution >= 0.6 is 24.0 Å². The van der Waals surface area contributed by atoms with E-state index in [1.165, 1.54) is 7.05 Å². The van der Waals surface area contributed by atoms with E-state index in [1.807, 2.05) is 30.3 Å². The van der Waals surface area contributed by atoms with Gasteiger partial charge in [-0.25, -0.2) is 13.1 Å². The Balaban J connectivity index is 0.00000480. The summed E-state index contributed by atoms with van der Waals surface area (Å²) < 4.78 is 32.0. The topological polar surface area (TPSA) is 91.8 Å². The van der Waals surface area contributed by atoms with Crippen molar-refractivity contribution in [2.24, 2.45) is 10.9 Å². The number of nitrogens with zero attached hydrogens (tertiary/aromatic N) is 1. The summed E-state index contributed by atoms with van der Waals surface area (Å²) in [5.41, 5.74) is 1.95. The Morgan fingerprint density at radius 3 is 2.35 bits per heavy atom. The standard InChI is InChI=1S/C22H32N4O3S.HI/c1-16(2)15-29-20-11-9-19(10-12-20)17(3)26-22(23-4)25-14-18-7-6-8-21(13-18)30(27,28)24-5;/h6-13,16-17,24H,14-15H2,1-5H3,(H2,23,25,26);1H. The summed E-state index contributed by atoms with van der Waals surface area (Å²) in [4.78, 5) is 4.50. The third kappa shape index (κ3) is 8.66. The molecule has 9 heteroatoms. The smallest absolute Gasteiger partial charge is 0.240 e. The van der Waals surface area contributed by atoms with Crippen LogP contribution in [-0.2, 0) is 16.6 Å². The molecule has 0 fully saturated rings. The number of hydrogen-bond donors (Lipinski definition) is 3. The first-order valence-corrected chi connectivity index (χ1v) is 11.5. The number of nitrogens with one attached hydrogen (secondary N) is 3. The van der Waals surface area contributed by atoms with E-state index >= 15 is 0 Å². The van der Waals surface area contributed by atoms with E-state index in [0.29, 0.717) is 25.0 Å². The van der Waals surface area contributed by atoms with Crippen LogP contribution in [-0.4, -0.2) is 35.1 Å². The van der Waals surface area contributed by atoms with Crippen LogP contribution in [0.3, 0.4) is 0 Å². The number of hydrogen-bond acceptors (Lipinski definition) is 4. The lowest BCUT2D eigenvalue weighted by molar-refractivity contribution is 0.271. The zero-order valence-corrected chi connectivity index (χ0v) is 21.8. The van der Waals surface area contributed by atoms with Gasteiger partial charge in [0.1, 0.15) is 5.75 Å². The van der Waals surface area contributed by atoms with Crippen molar-refractivity contribution in [1.29, 1.82) is 0 Å². The Hall–Kier alpha value is -1.85. The predicted molar refractivity (Wildman–Crippen MR) is 137 cm³/mol. The quantitative estimate of drug-likeness (QED) is 0.247. The largest absolute Gasteiger partial charge is 0.493 e. The SMILES string of the molecule is CN=C(NCc1cccc(S(=O)(=O)NC)c1)NC(C)c1ccc(OCC(C)C)cc1.I. The van der Waals surface area contributed by atoms with Crippen LogP contribution in [0.4, 0.5) is 0 Å². The molecule has 0 aliphatic carbocycles. The molecule has 31 heavy (non-hydrogen) atoms. The Bertz CT molecular complexity index is 947. The minimum Gasteiger partial charge on any atom is -0.493 e. The number of ether oxygens (including phenoxy) is 1. The van der Waals surface area contributed by atoms with Crippen LogP contribution in [0.5, 0.6) is 5.75 Å². The van der Waals surface area contributed by atoms with Gasteiger partial charge in [0, 0.05) is 13.6 Å². The molecule has 0 spiro atoms. The van der Waals surface area contributed by atoms with Gasteiger partial charge in [-0.2, -0.15) is 0 Å². The zero-order chi connectivity index (χ0) is 22.1. The lowest BCUT2D eigenvalue weighted by Crippen LogP contribution is -2.38. The summed E-state index contributed by atoms with van der Waals surface area (Å²) in [6, 6.07) is 14.9. The normalized spacial score (nSPS) is 12.8. The highest BCUT2D eigenvalue weighted by atomic mass is 127. The monoisotopic (exact) mass is 560 g/mol. The maximum atomic E-state index is 12.0. The molecule has 7 nitrogen and oxygen atoms in total. The maximum absolute atomic E-state index is 12.0. The third-order valence-electron chi connectivity index (χ3n) is 4.48. The molecular formula is C22H33IN4O3S. The molecule has 0 aliphatic heterocycles. The van der Waals surface area contributed by atoms with Gasteiger partial charge in [0.25, 0.3) is 0 Å². The maximum Gasteiger partial charge on any atom is 0.240 e. The minimum absolute atomic E-state index is 0. The number of sulfonamides is 1. The zero-order valence-electron chi connectivity index (χ0n) is 18.7. The number of benzene rings is 2. The highest BCUT2D eigenvalue weighted by Gasteiger charge is 2.12. The third-order valence-corrected chi connectivity index (χ3v) is 5.89. The van der Waals surface area contributed by atoms with Gasteiger partial charge in [-0.15, -0.1) is 24.0 Å². The van der Waals surface area contributed by atoms with Crippen molar-refractivity contribution in [3.05, 3.63) is 59.7 Å². The summed E-state index contributed by atoms with van der Waals surface area (Å²) in [5, 5.41) is 6.57. The fourth-order valence-corrected chi connectivity index (χ4v) is 3.52. The Morgan fingerprint density at radius 1 is 1.10 bits per heavy atom. The summed E-state index contributed by atoms with van der Waals surface area (Å²) in [6.07, 6.45) is 0. The van der Waals surface area contributed by atoms with Gasteiger partial charge in [0.2, 0.25) is 10.0 Å². The highest BCUT2D eigenvalue weighted by molar-refractivity contribution is 14.0. The molecule has 0 amide bonds. The van der Waals surface area contributed by atoms with Gasteiger partial charge in [0.15, 0.2) is 5.96 Å². The molecule has 2 rings (SSSR count). The highest BCUT2D eigenvalue weighted by Crippen LogP contribution is 2.18. The molecule has 0 heterocycles. The molecule has 1 atom stereocenters. The van der Waals surface area contributed by atoms with Gasteiger partial charge in [-0.05, 0) is 55.3 Å². The van der Waals surface area contributed by atoms with Crippen LogP contribution in [0.1, 0.15) is 37.9 Å². The first-order chi connectivity index (χ1) is 14.2. The summed E-state index contributed by atoms with van der Waals surface area (Å²) >= 11 is 0. The van der Waals surface area contributed by atoms with Gasteiger partial charge >= 0.3 is 0 Å². The minimum atomic E-state index is -3.47. The van der Waals surface area contributed by atoms with Crippen molar-refractivity contribution in [1.82, 2.24) is 15.4 Å². The number of aliphatic imine (C=N–C) groups is 1. The fraction of sp³-hybridized carbons (Fsp3) is 0.409.